The lowest BCUT2D eigenvalue weighted by molar-refractivity contribution is -0.144. The number of carbonyl (C=O) groups is 3. The van der Waals surface area contributed by atoms with E-state index in [1.165, 1.54) is 40.0 Å². The fourth-order valence-electron chi connectivity index (χ4n) is 4.27. The highest BCUT2D eigenvalue weighted by atomic mass is 32.2. The summed E-state index contributed by atoms with van der Waals surface area (Å²) in [5.74, 6) is -0.680. The van der Waals surface area contributed by atoms with Crippen molar-refractivity contribution in [2.24, 2.45) is 0 Å². The van der Waals surface area contributed by atoms with Gasteiger partial charge in [0.05, 0.1) is 45.1 Å². The average Bonchev–Trinajstić information content (AvgIpc) is 3.10. The van der Waals surface area contributed by atoms with Gasteiger partial charge in [0, 0.05) is 12.5 Å². The first-order valence-corrected chi connectivity index (χ1v) is 12.5. The van der Waals surface area contributed by atoms with E-state index in [1.54, 1.807) is 18.2 Å². The Morgan fingerprint density at radius 1 is 1.03 bits per heavy atom. The molecule has 0 saturated carbocycles. The Morgan fingerprint density at radius 3 is 2.33 bits per heavy atom. The van der Waals surface area contributed by atoms with E-state index in [0.29, 0.717) is 40.2 Å². The van der Waals surface area contributed by atoms with Crippen molar-refractivity contribution in [3.63, 3.8) is 0 Å². The second kappa shape index (κ2) is 11.9. The fraction of sp³-hybridized carbons (Fsp3) is 0.385. The molecule has 0 fully saturated rings. The van der Waals surface area contributed by atoms with E-state index in [0.717, 1.165) is 5.56 Å². The van der Waals surface area contributed by atoms with Gasteiger partial charge in [-0.25, -0.2) is 0 Å². The average molecular weight is 516 g/mol. The number of fused-ring (bicyclic) bond motifs is 3. The van der Waals surface area contributed by atoms with Crippen molar-refractivity contribution in [2.45, 2.75) is 43.5 Å². The second-order valence-electron chi connectivity index (χ2n) is 8.10. The predicted octanol–water partition coefficient (Wildman–Crippen LogP) is 3.43. The van der Waals surface area contributed by atoms with Crippen molar-refractivity contribution >= 4 is 29.6 Å². The van der Waals surface area contributed by atoms with Gasteiger partial charge in [0.1, 0.15) is 0 Å². The Labute approximate surface area is 213 Å². The Hall–Kier alpha value is -3.53. The number of hydrogen-bond donors (Lipinski definition) is 1. The van der Waals surface area contributed by atoms with Gasteiger partial charge in [-0.3, -0.25) is 19.2 Å². The summed E-state index contributed by atoms with van der Waals surface area (Å²) in [6, 6.07) is 6.43. The third-order valence-electron chi connectivity index (χ3n) is 5.86. The number of nitrogens with one attached hydrogen (secondary N) is 1. The van der Waals surface area contributed by atoms with Gasteiger partial charge in [-0.1, -0.05) is 6.07 Å². The highest BCUT2D eigenvalue weighted by molar-refractivity contribution is 7.98. The summed E-state index contributed by atoms with van der Waals surface area (Å²) < 4.78 is 21.5. The number of rotatable bonds is 8. The molecule has 0 aliphatic heterocycles. The number of hydrogen-bond acceptors (Lipinski definition) is 9. The van der Waals surface area contributed by atoms with Crippen molar-refractivity contribution in [2.75, 3.05) is 27.6 Å². The van der Waals surface area contributed by atoms with Crippen LogP contribution in [0, 0.1) is 0 Å². The van der Waals surface area contributed by atoms with Gasteiger partial charge < -0.3 is 24.3 Å². The topological polar surface area (TPSA) is 117 Å². The monoisotopic (exact) mass is 515 g/mol. The summed E-state index contributed by atoms with van der Waals surface area (Å²) in [5, 5.41) is 2.95. The molecular weight excluding hydrogens is 486 g/mol. The molecule has 1 aliphatic carbocycles. The van der Waals surface area contributed by atoms with Gasteiger partial charge in [0.15, 0.2) is 16.9 Å². The summed E-state index contributed by atoms with van der Waals surface area (Å²) >= 11 is 1.34. The zero-order valence-corrected chi connectivity index (χ0v) is 21.7. The molecule has 1 amide bonds. The van der Waals surface area contributed by atoms with Crippen LogP contribution in [0.25, 0.3) is 11.1 Å². The molecular formula is C26H29NO8S. The number of amides is 1. The van der Waals surface area contributed by atoms with Crippen LogP contribution in [0.5, 0.6) is 17.2 Å². The minimum absolute atomic E-state index is 0.114. The first kappa shape index (κ1) is 27.1. The Bertz CT molecular complexity index is 1240. The quantitative estimate of drug-likeness (QED) is 0.320. The minimum atomic E-state index is -0.627. The van der Waals surface area contributed by atoms with Crippen molar-refractivity contribution in [1.82, 2.24) is 5.32 Å². The van der Waals surface area contributed by atoms with Gasteiger partial charge in [0.2, 0.25) is 11.7 Å². The Morgan fingerprint density at radius 2 is 1.72 bits per heavy atom. The summed E-state index contributed by atoms with van der Waals surface area (Å²) in [7, 11) is 4.16. The van der Waals surface area contributed by atoms with E-state index in [-0.39, 0.29) is 35.7 Å². The van der Waals surface area contributed by atoms with Gasteiger partial charge >= 0.3 is 11.9 Å². The lowest BCUT2D eigenvalue weighted by Gasteiger charge is -2.20. The molecule has 1 atom stereocenters. The third kappa shape index (κ3) is 5.81. The summed E-state index contributed by atoms with van der Waals surface area (Å²) in [5.41, 5.74) is 2.70. The number of esters is 2. The predicted molar refractivity (Wildman–Crippen MR) is 135 cm³/mol. The van der Waals surface area contributed by atoms with Crippen molar-refractivity contribution in [1.29, 1.82) is 0 Å². The first-order chi connectivity index (χ1) is 17.2. The molecule has 0 heterocycles. The van der Waals surface area contributed by atoms with Crippen LogP contribution < -0.4 is 25.0 Å². The molecule has 192 valence electrons. The van der Waals surface area contributed by atoms with Crippen LogP contribution in [-0.4, -0.2) is 45.4 Å². The van der Waals surface area contributed by atoms with Crippen LogP contribution in [-0.2, 0) is 25.5 Å². The maximum absolute atomic E-state index is 12.9. The van der Waals surface area contributed by atoms with Crippen LogP contribution >= 0.6 is 11.8 Å². The normalized spacial score (nSPS) is 14.0. The number of ether oxygens (including phenoxy) is 4. The van der Waals surface area contributed by atoms with E-state index in [4.69, 9.17) is 14.2 Å². The Kier molecular flexibility index (Phi) is 8.98. The molecule has 0 radical (unpaired) electrons. The molecule has 0 spiro atoms. The Balaban J connectivity index is 2.21. The van der Waals surface area contributed by atoms with Gasteiger partial charge in [-0.05, 0) is 54.0 Å². The molecule has 1 unspecified atom stereocenters. The van der Waals surface area contributed by atoms with Crippen molar-refractivity contribution in [3.8, 4) is 28.4 Å². The summed E-state index contributed by atoms with van der Waals surface area (Å²) in [6.07, 6.45) is 2.54. The lowest BCUT2D eigenvalue weighted by Crippen LogP contribution is -2.26. The van der Waals surface area contributed by atoms with E-state index in [9.17, 15) is 19.2 Å². The van der Waals surface area contributed by atoms with Crippen LogP contribution in [0.4, 0.5) is 0 Å². The van der Waals surface area contributed by atoms with Gasteiger partial charge in [-0.2, -0.15) is 0 Å². The lowest BCUT2D eigenvalue weighted by atomic mass is 9.95. The molecule has 9 nitrogen and oxygen atoms in total. The zero-order chi connectivity index (χ0) is 26.4. The van der Waals surface area contributed by atoms with Crippen LogP contribution in [0.2, 0.25) is 0 Å². The van der Waals surface area contributed by atoms with Crippen molar-refractivity contribution in [3.05, 3.63) is 45.6 Å². The number of carbonyl (C=O) groups excluding carboxylic acids is 3. The largest absolute Gasteiger partial charge is 0.492 e. The van der Waals surface area contributed by atoms with Crippen LogP contribution in [0.1, 0.15) is 43.4 Å². The molecule has 10 heteroatoms. The maximum Gasteiger partial charge on any atom is 0.311 e. The van der Waals surface area contributed by atoms with E-state index >= 15 is 0 Å². The molecule has 1 N–H and O–H groups in total. The molecule has 36 heavy (non-hydrogen) atoms. The van der Waals surface area contributed by atoms with Crippen LogP contribution in [0.3, 0.4) is 0 Å². The SMILES string of the molecule is COC(=O)CCC(=O)Oc1cc2c(c(OC)c1OC)-c1ccc(SC)c(=O)cc1C(NC(C)=O)CC2. The standard InChI is InChI=1S/C26H29NO8S/c1-14(28)27-18-8-6-15-12-20(35-23(31)11-10-22(30)32-2)25(33-3)26(34-4)24(15)16-7-9-21(36-5)19(29)13-17(16)18/h7,9,12-13,18H,6,8,10-11H2,1-5H3,(H,27,28). The molecule has 2 aromatic rings. The van der Waals surface area contributed by atoms with Crippen LogP contribution in [0.15, 0.2) is 34.0 Å². The third-order valence-corrected chi connectivity index (χ3v) is 6.64. The number of methoxy groups -OCH3 is 3. The maximum atomic E-state index is 12.9. The zero-order valence-electron chi connectivity index (χ0n) is 20.9. The minimum Gasteiger partial charge on any atom is -0.492 e. The molecule has 0 saturated heterocycles. The molecule has 1 aliphatic rings. The van der Waals surface area contributed by atoms with E-state index in [2.05, 4.69) is 10.1 Å². The number of benzene rings is 1. The smallest absolute Gasteiger partial charge is 0.311 e. The highest BCUT2D eigenvalue weighted by Gasteiger charge is 2.30. The van der Waals surface area contributed by atoms with Gasteiger partial charge in [0.25, 0.3) is 0 Å². The van der Waals surface area contributed by atoms with E-state index in [1.807, 2.05) is 12.3 Å². The molecule has 3 rings (SSSR count). The molecule has 0 bridgehead atoms. The highest BCUT2D eigenvalue weighted by Crippen LogP contribution is 2.50. The molecule has 2 aromatic carbocycles. The van der Waals surface area contributed by atoms with Crippen molar-refractivity contribution < 1.29 is 33.3 Å². The summed E-state index contributed by atoms with van der Waals surface area (Å²) in [4.78, 5) is 49.3. The summed E-state index contributed by atoms with van der Waals surface area (Å²) in [6.45, 7) is 1.43. The second-order valence-corrected chi connectivity index (χ2v) is 8.94. The first-order valence-electron chi connectivity index (χ1n) is 11.3. The number of thioether (sulfide) groups is 1. The fourth-order valence-corrected chi connectivity index (χ4v) is 4.73. The molecule has 0 aromatic heterocycles. The number of aryl methyl sites for hydroxylation is 1. The van der Waals surface area contributed by atoms with Gasteiger partial charge in [-0.15, -0.1) is 11.8 Å². The van der Waals surface area contributed by atoms with E-state index < -0.39 is 18.0 Å².